The standard InChI is InChI=1S/C21H18N4O3S2/c22-12-15(21(26)23-17-8-10-30(27,28)14-17)11-16-13-25(18-5-2-1-3-6-18)24-20(16)19-7-4-9-29-19/h1-7,9,11,13,17H,8,10,14H2,(H,23,26). The van der Waals surface area contributed by atoms with E-state index in [1.54, 1.807) is 10.9 Å². The number of hydrogen-bond acceptors (Lipinski definition) is 6. The predicted molar refractivity (Wildman–Crippen MR) is 116 cm³/mol. The first-order chi connectivity index (χ1) is 14.4. The highest BCUT2D eigenvalue weighted by atomic mass is 32.2. The lowest BCUT2D eigenvalue weighted by molar-refractivity contribution is -0.117. The highest BCUT2D eigenvalue weighted by Crippen LogP contribution is 2.29. The molecule has 1 aliphatic heterocycles. The quantitative estimate of drug-likeness (QED) is 0.487. The lowest BCUT2D eigenvalue weighted by Gasteiger charge is -2.09. The molecule has 3 aromatic rings. The van der Waals surface area contributed by atoms with Gasteiger partial charge in [-0.05, 0) is 36.1 Å². The molecule has 1 N–H and O–H groups in total. The van der Waals surface area contributed by atoms with E-state index >= 15 is 0 Å². The molecule has 1 unspecified atom stereocenters. The summed E-state index contributed by atoms with van der Waals surface area (Å²) in [5.41, 5.74) is 2.06. The lowest BCUT2D eigenvalue weighted by Crippen LogP contribution is -2.36. The molecule has 0 spiro atoms. The van der Waals surface area contributed by atoms with Crippen molar-refractivity contribution in [1.29, 1.82) is 5.26 Å². The van der Waals surface area contributed by atoms with E-state index in [4.69, 9.17) is 0 Å². The second-order valence-corrected chi connectivity index (χ2v) is 10.1. The van der Waals surface area contributed by atoms with Crippen molar-refractivity contribution in [1.82, 2.24) is 15.1 Å². The molecule has 1 aliphatic rings. The van der Waals surface area contributed by atoms with Gasteiger partial charge in [0.2, 0.25) is 0 Å². The number of nitrogens with zero attached hydrogens (tertiary/aromatic N) is 3. The number of thiophene rings is 1. The van der Waals surface area contributed by atoms with Gasteiger partial charge in [0.15, 0.2) is 9.84 Å². The van der Waals surface area contributed by atoms with Crippen LogP contribution in [0.25, 0.3) is 22.3 Å². The van der Waals surface area contributed by atoms with Crippen LogP contribution in [0.3, 0.4) is 0 Å². The van der Waals surface area contributed by atoms with Crippen molar-refractivity contribution in [3.05, 3.63) is 65.2 Å². The maximum absolute atomic E-state index is 12.6. The second-order valence-electron chi connectivity index (χ2n) is 6.93. The van der Waals surface area contributed by atoms with Crippen LogP contribution in [0.1, 0.15) is 12.0 Å². The molecule has 1 fully saturated rings. The maximum atomic E-state index is 12.6. The number of nitrogens with one attached hydrogen (secondary N) is 1. The molecule has 1 aromatic carbocycles. The molecule has 30 heavy (non-hydrogen) atoms. The lowest BCUT2D eigenvalue weighted by atomic mass is 10.1. The fourth-order valence-corrected chi connectivity index (χ4v) is 5.69. The van der Waals surface area contributed by atoms with Crippen molar-refractivity contribution in [2.45, 2.75) is 12.5 Å². The van der Waals surface area contributed by atoms with Gasteiger partial charge in [-0.25, -0.2) is 13.1 Å². The fraction of sp³-hybridized carbons (Fsp3) is 0.190. The number of rotatable bonds is 5. The first-order valence-corrected chi connectivity index (χ1v) is 12.0. The average Bonchev–Trinajstić information content (AvgIpc) is 3.46. The predicted octanol–water partition coefficient (Wildman–Crippen LogP) is 2.81. The van der Waals surface area contributed by atoms with E-state index in [1.165, 1.54) is 17.4 Å². The van der Waals surface area contributed by atoms with Gasteiger partial charge in [-0.3, -0.25) is 4.79 Å². The summed E-state index contributed by atoms with van der Waals surface area (Å²) in [6, 6.07) is 14.8. The number of nitriles is 1. The van der Waals surface area contributed by atoms with Crippen molar-refractivity contribution in [2.75, 3.05) is 11.5 Å². The summed E-state index contributed by atoms with van der Waals surface area (Å²) in [5.74, 6) is -0.621. The zero-order chi connectivity index (χ0) is 21.1. The summed E-state index contributed by atoms with van der Waals surface area (Å²) in [6.45, 7) is 0. The minimum atomic E-state index is -3.13. The zero-order valence-electron chi connectivity index (χ0n) is 15.9. The second kappa shape index (κ2) is 8.26. The highest BCUT2D eigenvalue weighted by Gasteiger charge is 2.29. The van der Waals surface area contributed by atoms with Gasteiger partial charge in [0.1, 0.15) is 17.3 Å². The van der Waals surface area contributed by atoms with Crippen LogP contribution in [0, 0.1) is 11.3 Å². The zero-order valence-corrected chi connectivity index (χ0v) is 17.5. The number of aromatic nitrogens is 2. The van der Waals surface area contributed by atoms with Crippen LogP contribution >= 0.6 is 11.3 Å². The van der Waals surface area contributed by atoms with Gasteiger partial charge in [-0.1, -0.05) is 24.3 Å². The Hall–Kier alpha value is -3.22. The van der Waals surface area contributed by atoms with E-state index in [2.05, 4.69) is 10.4 Å². The molecule has 3 heterocycles. The van der Waals surface area contributed by atoms with E-state index in [9.17, 15) is 18.5 Å². The van der Waals surface area contributed by atoms with E-state index in [1.807, 2.05) is 53.9 Å². The van der Waals surface area contributed by atoms with Gasteiger partial charge < -0.3 is 5.32 Å². The Morgan fingerprint density at radius 1 is 1.27 bits per heavy atom. The van der Waals surface area contributed by atoms with Gasteiger partial charge in [0, 0.05) is 17.8 Å². The Labute approximate surface area is 178 Å². The minimum absolute atomic E-state index is 0.0515. The molecule has 0 aliphatic carbocycles. The largest absolute Gasteiger partial charge is 0.348 e. The monoisotopic (exact) mass is 438 g/mol. The van der Waals surface area contributed by atoms with Gasteiger partial charge in [0.05, 0.1) is 22.1 Å². The molecule has 9 heteroatoms. The van der Waals surface area contributed by atoms with E-state index in [-0.39, 0.29) is 17.1 Å². The van der Waals surface area contributed by atoms with Crippen molar-refractivity contribution < 1.29 is 13.2 Å². The Morgan fingerprint density at radius 2 is 2.07 bits per heavy atom. The summed E-state index contributed by atoms with van der Waals surface area (Å²) in [6.07, 6.45) is 3.63. The van der Waals surface area contributed by atoms with Gasteiger partial charge in [-0.15, -0.1) is 11.3 Å². The van der Waals surface area contributed by atoms with Crippen LogP contribution in [-0.4, -0.2) is 41.7 Å². The molecule has 2 aromatic heterocycles. The molecule has 4 rings (SSSR count). The van der Waals surface area contributed by atoms with Crippen molar-refractivity contribution in [3.8, 4) is 22.3 Å². The van der Waals surface area contributed by atoms with Crippen molar-refractivity contribution in [3.63, 3.8) is 0 Å². The van der Waals surface area contributed by atoms with Crippen LogP contribution in [-0.2, 0) is 14.6 Å². The summed E-state index contributed by atoms with van der Waals surface area (Å²) < 4.78 is 25.0. The van der Waals surface area contributed by atoms with Crippen LogP contribution in [0.2, 0.25) is 0 Å². The molecule has 0 radical (unpaired) electrons. The van der Waals surface area contributed by atoms with Gasteiger partial charge in [-0.2, -0.15) is 10.4 Å². The minimum Gasteiger partial charge on any atom is -0.348 e. The first kappa shape index (κ1) is 20.1. The summed E-state index contributed by atoms with van der Waals surface area (Å²) >= 11 is 1.51. The van der Waals surface area contributed by atoms with E-state index < -0.39 is 21.8 Å². The Kier molecular flexibility index (Phi) is 5.53. The summed E-state index contributed by atoms with van der Waals surface area (Å²) in [4.78, 5) is 13.5. The van der Waals surface area contributed by atoms with Crippen LogP contribution in [0.5, 0.6) is 0 Å². The topological polar surface area (TPSA) is 105 Å². The number of carbonyl (C=O) groups is 1. The van der Waals surface area contributed by atoms with Crippen LogP contribution < -0.4 is 5.32 Å². The molecule has 7 nitrogen and oxygen atoms in total. The molecule has 1 atom stereocenters. The number of hydrogen-bond donors (Lipinski definition) is 1. The SMILES string of the molecule is N#CC(=Cc1cn(-c2ccccc2)nc1-c1cccs1)C(=O)NC1CCS(=O)(=O)C1. The number of amides is 1. The van der Waals surface area contributed by atoms with Gasteiger partial charge in [0.25, 0.3) is 5.91 Å². The average molecular weight is 439 g/mol. The molecular formula is C21H18N4O3S2. The highest BCUT2D eigenvalue weighted by molar-refractivity contribution is 7.91. The van der Waals surface area contributed by atoms with Crippen molar-refractivity contribution >= 4 is 33.2 Å². The van der Waals surface area contributed by atoms with E-state index in [0.717, 1.165) is 10.6 Å². The Bertz CT molecular complexity index is 1240. The van der Waals surface area contributed by atoms with Crippen molar-refractivity contribution in [2.24, 2.45) is 0 Å². The molecule has 1 amide bonds. The molecule has 1 saturated heterocycles. The normalized spacial score (nSPS) is 18.1. The van der Waals surface area contributed by atoms with Crippen LogP contribution in [0.15, 0.2) is 59.6 Å². The third kappa shape index (κ3) is 4.35. The third-order valence-electron chi connectivity index (χ3n) is 4.75. The van der Waals surface area contributed by atoms with Gasteiger partial charge >= 0.3 is 0 Å². The Morgan fingerprint density at radius 3 is 2.70 bits per heavy atom. The maximum Gasteiger partial charge on any atom is 0.262 e. The number of benzene rings is 1. The Balaban J connectivity index is 1.67. The molecule has 152 valence electrons. The number of para-hydroxylation sites is 1. The number of sulfone groups is 1. The van der Waals surface area contributed by atoms with E-state index in [0.29, 0.717) is 17.7 Å². The summed E-state index contributed by atoms with van der Waals surface area (Å²) in [5, 5.41) is 18.8. The third-order valence-corrected chi connectivity index (χ3v) is 7.39. The molecule has 0 saturated carbocycles. The summed E-state index contributed by atoms with van der Waals surface area (Å²) in [7, 11) is -3.13. The fourth-order valence-electron chi connectivity index (χ4n) is 3.29. The van der Waals surface area contributed by atoms with Crippen LogP contribution in [0.4, 0.5) is 0 Å². The first-order valence-electron chi connectivity index (χ1n) is 9.27. The molecule has 0 bridgehead atoms. The smallest absolute Gasteiger partial charge is 0.262 e. The molecular weight excluding hydrogens is 420 g/mol. The number of carbonyl (C=O) groups excluding carboxylic acids is 1.